The number of hydrogen-bond acceptors (Lipinski definition) is 5. The fourth-order valence-corrected chi connectivity index (χ4v) is 3.16. The van der Waals surface area contributed by atoms with Crippen molar-refractivity contribution in [2.45, 2.75) is 50.5 Å². The fraction of sp³-hybridized carbons (Fsp3) is 0.529. The van der Waals surface area contributed by atoms with Crippen molar-refractivity contribution in [2.24, 2.45) is 0 Å². The number of piperidine rings is 1. The molecule has 1 saturated carbocycles. The van der Waals surface area contributed by atoms with Crippen molar-refractivity contribution < 1.29 is 9.32 Å². The Morgan fingerprint density at radius 1 is 1.30 bits per heavy atom. The molecule has 120 valence electrons. The van der Waals surface area contributed by atoms with Gasteiger partial charge in [0.15, 0.2) is 5.82 Å². The first-order valence-electron chi connectivity index (χ1n) is 8.33. The molecule has 2 fully saturated rings. The van der Waals surface area contributed by atoms with E-state index in [1.165, 1.54) is 0 Å². The highest BCUT2D eigenvalue weighted by Gasteiger charge is 2.34. The average Bonchev–Trinajstić information content (AvgIpc) is 3.33. The van der Waals surface area contributed by atoms with Crippen LogP contribution in [-0.4, -0.2) is 32.5 Å². The Morgan fingerprint density at radius 2 is 2.22 bits per heavy atom. The lowest BCUT2D eigenvalue weighted by atomic mass is 10.0. The van der Waals surface area contributed by atoms with Crippen LogP contribution in [0.1, 0.15) is 61.3 Å². The highest BCUT2D eigenvalue weighted by molar-refractivity contribution is 5.79. The van der Waals surface area contributed by atoms with Crippen LogP contribution in [-0.2, 0) is 11.2 Å². The maximum absolute atomic E-state index is 12.7. The topological polar surface area (TPSA) is 72.1 Å². The molecule has 1 amide bonds. The Bertz CT molecular complexity index is 681. The molecule has 2 aromatic rings. The number of rotatable bonds is 4. The summed E-state index contributed by atoms with van der Waals surface area (Å²) in [7, 11) is 0. The highest BCUT2D eigenvalue weighted by atomic mass is 16.5. The van der Waals surface area contributed by atoms with Gasteiger partial charge in [-0.2, -0.15) is 4.98 Å². The predicted molar refractivity (Wildman–Crippen MR) is 82.5 cm³/mol. The van der Waals surface area contributed by atoms with E-state index in [9.17, 15) is 4.79 Å². The van der Waals surface area contributed by atoms with Crippen molar-refractivity contribution in [3.05, 3.63) is 41.8 Å². The first kappa shape index (κ1) is 14.4. The van der Waals surface area contributed by atoms with Gasteiger partial charge >= 0.3 is 0 Å². The number of amides is 1. The van der Waals surface area contributed by atoms with E-state index < -0.39 is 0 Å². The van der Waals surface area contributed by atoms with Crippen LogP contribution in [0.25, 0.3) is 0 Å². The van der Waals surface area contributed by atoms with Gasteiger partial charge in [-0.3, -0.25) is 9.78 Å². The third-order valence-corrected chi connectivity index (χ3v) is 4.59. The summed E-state index contributed by atoms with van der Waals surface area (Å²) < 4.78 is 5.47. The lowest BCUT2D eigenvalue weighted by Crippen LogP contribution is -2.39. The molecule has 0 spiro atoms. The average molecular weight is 312 g/mol. The van der Waals surface area contributed by atoms with E-state index in [-0.39, 0.29) is 11.9 Å². The molecule has 1 aliphatic heterocycles. The van der Waals surface area contributed by atoms with Crippen LogP contribution in [0.3, 0.4) is 0 Å². The molecule has 0 aromatic carbocycles. The Balaban J connectivity index is 1.51. The zero-order chi connectivity index (χ0) is 15.6. The molecule has 1 unspecified atom stereocenters. The summed E-state index contributed by atoms with van der Waals surface area (Å²) in [5.41, 5.74) is 0.936. The molecule has 4 rings (SSSR count). The molecule has 1 aliphatic carbocycles. The standard InChI is InChI=1S/C17H20N4O2/c22-15(10-12-4-3-8-18-11-12)21-9-2-1-5-14(21)17-19-16(20-23-17)13-6-7-13/h3-4,8,11,13-14H,1-2,5-7,9-10H2. The lowest BCUT2D eigenvalue weighted by molar-refractivity contribution is -0.135. The quantitative estimate of drug-likeness (QED) is 0.868. The van der Waals surface area contributed by atoms with Gasteiger partial charge < -0.3 is 9.42 Å². The van der Waals surface area contributed by atoms with E-state index in [0.717, 1.165) is 50.0 Å². The van der Waals surface area contributed by atoms with Crippen molar-refractivity contribution in [3.63, 3.8) is 0 Å². The van der Waals surface area contributed by atoms with Crippen molar-refractivity contribution in [2.75, 3.05) is 6.54 Å². The van der Waals surface area contributed by atoms with Crippen LogP contribution >= 0.6 is 0 Å². The summed E-state index contributed by atoms with van der Waals surface area (Å²) in [6.45, 7) is 0.755. The SMILES string of the molecule is O=C(Cc1cccnc1)N1CCCCC1c1nc(C2CC2)no1. The van der Waals surface area contributed by atoms with Gasteiger partial charge in [-0.1, -0.05) is 11.2 Å². The number of likely N-dealkylation sites (tertiary alicyclic amines) is 1. The van der Waals surface area contributed by atoms with E-state index in [1.54, 1.807) is 12.4 Å². The summed E-state index contributed by atoms with van der Waals surface area (Å²) in [6, 6.07) is 3.71. The molecule has 6 nitrogen and oxygen atoms in total. The third kappa shape index (κ3) is 3.11. The monoisotopic (exact) mass is 312 g/mol. The van der Waals surface area contributed by atoms with E-state index >= 15 is 0 Å². The second-order valence-electron chi connectivity index (χ2n) is 6.40. The Kier molecular flexibility index (Phi) is 3.81. The van der Waals surface area contributed by atoms with Crippen LogP contribution < -0.4 is 0 Å². The Labute approximate surface area is 134 Å². The number of carbonyl (C=O) groups is 1. The van der Waals surface area contributed by atoms with Gasteiger partial charge in [0.2, 0.25) is 11.8 Å². The van der Waals surface area contributed by atoms with Gasteiger partial charge in [0.25, 0.3) is 0 Å². The molecule has 0 N–H and O–H groups in total. The molecule has 2 aromatic heterocycles. The largest absolute Gasteiger partial charge is 0.337 e. The first-order valence-corrected chi connectivity index (χ1v) is 8.33. The van der Waals surface area contributed by atoms with Gasteiger partial charge in [0.05, 0.1) is 6.42 Å². The van der Waals surface area contributed by atoms with E-state index in [2.05, 4.69) is 15.1 Å². The molecule has 3 heterocycles. The number of nitrogens with zero attached hydrogens (tertiary/aromatic N) is 4. The number of aromatic nitrogens is 3. The molecule has 2 aliphatic rings. The van der Waals surface area contributed by atoms with Crippen molar-refractivity contribution >= 4 is 5.91 Å². The molecule has 0 radical (unpaired) electrons. The summed E-state index contributed by atoms with van der Waals surface area (Å²) in [6.07, 6.45) is 9.13. The summed E-state index contributed by atoms with van der Waals surface area (Å²) in [4.78, 5) is 23.2. The maximum atomic E-state index is 12.7. The summed E-state index contributed by atoms with van der Waals surface area (Å²) in [5.74, 6) is 1.99. The normalized spacial score (nSPS) is 21.4. The van der Waals surface area contributed by atoms with E-state index in [4.69, 9.17) is 4.52 Å². The first-order chi connectivity index (χ1) is 11.3. The van der Waals surface area contributed by atoms with Gasteiger partial charge in [-0.05, 0) is 43.7 Å². The molecular formula is C17H20N4O2. The molecule has 1 atom stereocenters. The third-order valence-electron chi connectivity index (χ3n) is 4.59. The van der Waals surface area contributed by atoms with Crippen LogP contribution in [0.5, 0.6) is 0 Å². The minimum atomic E-state index is -0.0760. The van der Waals surface area contributed by atoms with Crippen LogP contribution in [0.2, 0.25) is 0 Å². The minimum absolute atomic E-state index is 0.0760. The molecule has 23 heavy (non-hydrogen) atoms. The molecule has 1 saturated heterocycles. The van der Waals surface area contributed by atoms with Gasteiger partial charge in [0, 0.05) is 24.9 Å². The second-order valence-corrected chi connectivity index (χ2v) is 6.40. The van der Waals surface area contributed by atoms with E-state index in [1.807, 2.05) is 17.0 Å². The molecule has 0 bridgehead atoms. The van der Waals surface area contributed by atoms with Crippen molar-refractivity contribution in [1.29, 1.82) is 0 Å². The van der Waals surface area contributed by atoms with Gasteiger partial charge in [0.1, 0.15) is 6.04 Å². The van der Waals surface area contributed by atoms with Gasteiger partial charge in [-0.25, -0.2) is 0 Å². The lowest BCUT2D eigenvalue weighted by Gasteiger charge is -2.33. The maximum Gasteiger partial charge on any atom is 0.249 e. The van der Waals surface area contributed by atoms with Crippen molar-refractivity contribution in [1.82, 2.24) is 20.0 Å². The second kappa shape index (κ2) is 6.10. The zero-order valence-corrected chi connectivity index (χ0v) is 13.0. The predicted octanol–water partition coefficient (Wildman–Crippen LogP) is 2.64. The van der Waals surface area contributed by atoms with Gasteiger partial charge in [-0.15, -0.1) is 0 Å². The Morgan fingerprint density at radius 3 is 3.00 bits per heavy atom. The summed E-state index contributed by atoms with van der Waals surface area (Å²) >= 11 is 0. The number of hydrogen-bond donors (Lipinski definition) is 0. The Hall–Kier alpha value is -2.24. The smallest absolute Gasteiger partial charge is 0.249 e. The minimum Gasteiger partial charge on any atom is -0.337 e. The van der Waals surface area contributed by atoms with Crippen molar-refractivity contribution in [3.8, 4) is 0 Å². The zero-order valence-electron chi connectivity index (χ0n) is 13.0. The molecule has 6 heteroatoms. The van der Waals surface area contributed by atoms with Crippen LogP contribution in [0.15, 0.2) is 29.0 Å². The molecular weight excluding hydrogens is 292 g/mol. The summed E-state index contributed by atoms with van der Waals surface area (Å²) in [5, 5.41) is 4.10. The number of pyridine rings is 1. The number of carbonyl (C=O) groups excluding carboxylic acids is 1. The fourth-order valence-electron chi connectivity index (χ4n) is 3.16. The van der Waals surface area contributed by atoms with Crippen LogP contribution in [0, 0.1) is 0 Å². The van der Waals surface area contributed by atoms with E-state index in [0.29, 0.717) is 18.2 Å². The van der Waals surface area contributed by atoms with Crippen LogP contribution in [0.4, 0.5) is 0 Å². The highest BCUT2D eigenvalue weighted by Crippen LogP contribution is 2.39.